The number of benzene rings is 2. The van der Waals surface area contributed by atoms with E-state index < -0.39 is 0 Å². The Morgan fingerprint density at radius 2 is 1.78 bits per heavy atom. The van der Waals surface area contributed by atoms with Crippen molar-refractivity contribution in [2.45, 2.75) is 56.8 Å². The second kappa shape index (κ2) is 8.09. The van der Waals surface area contributed by atoms with Gasteiger partial charge in [0.25, 0.3) is 0 Å². The standard InChI is InChI=1S/C24H29ClOS/c1-15-10-16(2)12-18(11-15)22-14-19(23(25)24-21(22)8-9-26-24)13-17-4-6-20(27-3)7-5-17/h4-7,14-16,18H,8-13H2,1-3H3. The van der Waals surface area contributed by atoms with Gasteiger partial charge in [0.2, 0.25) is 0 Å². The van der Waals surface area contributed by atoms with Gasteiger partial charge in [-0.1, -0.05) is 43.6 Å². The first-order chi connectivity index (χ1) is 13.0. The molecule has 0 N–H and O–H groups in total. The van der Waals surface area contributed by atoms with Crippen LogP contribution in [-0.2, 0) is 12.8 Å². The molecule has 3 heteroatoms. The van der Waals surface area contributed by atoms with E-state index in [9.17, 15) is 0 Å². The predicted molar refractivity (Wildman–Crippen MR) is 117 cm³/mol. The molecule has 1 heterocycles. The van der Waals surface area contributed by atoms with E-state index in [1.54, 1.807) is 11.8 Å². The molecule has 0 spiro atoms. The fraction of sp³-hybridized carbons (Fsp3) is 0.500. The molecule has 1 aliphatic carbocycles. The van der Waals surface area contributed by atoms with Crippen molar-refractivity contribution in [1.29, 1.82) is 0 Å². The minimum atomic E-state index is 0.647. The monoisotopic (exact) mass is 400 g/mol. The molecule has 1 fully saturated rings. The Hall–Kier alpha value is -1.12. The zero-order valence-electron chi connectivity index (χ0n) is 16.6. The molecule has 27 heavy (non-hydrogen) atoms. The Morgan fingerprint density at radius 1 is 1.07 bits per heavy atom. The highest BCUT2D eigenvalue weighted by atomic mass is 35.5. The maximum Gasteiger partial charge on any atom is 0.141 e. The van der Waals surface area contributed by atoms with Crippen LogP contribution in [0.2, 0.25) is 5.02 Å². The number of thioether (sulfide) groups is 1. The van der Waals surface area contributed by atoms with Crippen molar-refractivity contribution >= 4 is 23.4 Å². The summed E-state index contributed by atoms with van der Waals surface area (Å²) in [5, 5.41) is 0.831. The average Bonchev–Trinajstić information content (AvgIpc) is 3.14. The third-order valence-electron chi connectivity index (χ3n) is 6.20. The first-order valence-corrected chi connectivity index (χ1v) is 11.7. The van der Waals surface area contributed by atoms with Gasteiger partial charge in [0.05, 0.1) is 11.6 Å². The van der Waals surface area contributed by atoms with Crippen LogP contribution in [0.15, 0.2) is 35.2 Å². The van der Waals surface area contributed by atoms with Crippen LogP contribution in [-0.4, -0.2) is 12.9 Å². The Balaban J connectivity index is 1.69. The molecule has 1 nitrogen and oxygen atoms in total. The molecule has 2 atom stereocenters. The highest BCUT2D eigenvalue weighted by Gasteiger charge is 2.31. The van der Waals surface area contributed by atoms with Gasteiger partial charge in [0, 0.05) is 16.9 Å². The van der Waals surface area contributed by atoms with E-state index in [1.165, 1.54) is 46.4 Å². The van der Waals surface area contributed by atoms with Crippen molar-refractivity contribution in [3.63, 3.8) is 0 Å². The lowest BCUT2D eigenvalue weighted by Crippen LogP contribution is -2.19. The molecular weight excluding hydrogens is 372 g/mol. The molecule has 0 aromatic heterocycles. The highest BCUT2D eigenvalue weighted by molar-refractivity contribution is 7.98. The maximum absolute atomic E-state index is 6.80. The topological polar surface area (TPSA) is 9.23 Å². The number of ether oxygens (including phenoxy) is 1. The van der Waals surface area contributed by atoms with E-state index in [0.717, 1.165) is 42.1 Å². The molecule has 0 amide bonds. The smallest absolute Gasteiger partial charge is 0.141 e. The molecule has 1 aliphatic heterocycles. The Bertz CT molecular complexity index is 804. The number of rotatable bonds is 4. The maximum atomic E-state index is 6.80. The summed E-state index contributed by atoms with van der Waals surface area (Å²) in [6.45, 7) is 5.58. The van der Waals surface area contributed by atoms with Crippen LogP contribution in [0, 0.1) is 11.8 Å². The van der Waals surface area contributed by atoms with Crippen LogP contribution >= 0.6 is 23.4 Å². The van der Waals surface area contributed by atoms with Gasteiger partial charge in [0.15, 0.2) is 0 Å². The lowest BCUT2D eigenvalue weighted by molar-refractivity contribution is 0.268. The number of hydrogen-bond acceptors (Lipinski definition) is 2. The molecule has 1 saturated carbocycles. The lowest BCUT2D eigenvalue weighted by atomic mass is 9.72. The fourth-order valence-corrected chi connectivity index (χ4v) is 5.77. The molecule has 2 unspecified atom stereocenters. The summed E-state index contributed by atoms with van der Waals surface area (Å²) in [5.74, 6) is 3.22. The summed E-state index contributed by atoms with van der Waals surface area (Å²) in [6.07, 6.45) is 7.93. The van der Waals surface area contributed by atoms with Gasteiger partial charge in [-0.2, -0.15) is 0 Å². The van der Waals surface area contributed by atoms with Crippen molar-refractivity contribution < 1.29 is 4.74 Å². The van der Waals surface area contributed by atoms with Gasteiger partial charge in [-0.05, 0) is 78.5 Å². The molecule has 0 bridgehead atoms. The molecule has 0 radical (unpaired) electrons. The van der Waals surface area contributed by atoms with Crippen molar-refractivity contribution in [3.8, 4) is 5.75 Å². The SMILES string of the molecule is CSc1ccc(Cc2cc(C3CC(C)CC(C)C3)c3c(c2Cl)OCC3)cc1. The molecule has 4 rings (SSSR count). The number of fused-ring (bicyclic) bond motifs is 1. The Kier molecular flexibility index (Phi) is 5.75. The van der Waals surface area contributed by atoms with Crippen LogP contribution in [0.25, 0.3) is 0 Å². The second-order valence-electron chi connectivity index (χ2n) is 8.48. The van der Waals surface area contributed by atoms with Gasteiger partial charge in [-0.15, -0.1) is 11.8 Å². The first-order valence-electron chi connectivity index (χ1n) is 10.1. The third kappa shape index (κ3) is 4.03. The van der Waals surface area contributed by atoms with Crippen molar-refractivity contribution in [2.75, 3.05) is 12.9 Å². The van der Waals surface area contributed by atoms with Gasteiger partial charge in [-0.3, -0.25) is 0 Å². The van der Waals surface area contributed by atoms with Crippen LogP contribution in [0.5, 0.6) is 5.75 Å². The Labute approximate surface area is 172 Å². The quantitative estimate of drug-likeness (QED) is 0.505. The van der Waals surface area contributed by atoms with Crippen LogP contribution in [0.4, 0.5) is 0 Å². The highest BCUT2D eigenvalue weighted by Crippen LogP contribution is 2.47. The molecular formula is C24H29ClOS. The lowest BCUT2D eigenvalue weighted by Gasteiger charge is -2.33. The normalized spacial score (nSPS) is 24.5. The first kappa shape index (κ1) is 19.2. The molecule has 0 saturated heterocycles. The van der Waals surface area contributed by atoms with E-state index in [0.29, 0.717) is 5.92 Å². The minimum absolute atomic E-state index is 0.647. The van der Waals surface area contributed by atoms with Gasteiger partial charge >= 0.3 is 0 Å². The summed E-state index contributed by atoms with van der Waals surface area (Å²) in [5.41, 5.74) is 5.42. The Morgan fingerprint density at radius 3 is 2.44 bits per heavy atom. The predicted octanol–water partition coefficient (Wildman–Crippen LogP) is 7.13. The minimum Gasteiger partial charge on any atom is -0.491 e. The van der Waals surface area contributed by atoms with Gasteiger partial charge in [0.1, 0.15) is 5.75 Å². The van der Waals surface area contributed by atoms with Crippen molar-refractivity contribution in [1.82, 2.24) is 0 Å². The fourth-order valence-electron chi connectivity index (χ4n) is 5.07. The largest absolute Gasteiger partial charge is 0.491 e. The van der Waals surface area contributed by atoms with Gasteiger partial charge in [-0.25, -0.2) is 0 Å². The summed E-state index contributed by atoms with van der Waals surface area (Å²) in [6, 6.07) is 11.3. The molecule has 2 aliphatic rings. The summed E-state index contributed by atoms with van der Waals surface area (Å²) < 4.78 is 5.99. The number of hydrogen-bond donors (Lipinski definition) is 0. The van der Waals surface area contributed by atoms with Crippen LogP contribution in [0.3, 0.4) is 0 Å². The second-order valence-corrected chi connectivity index (χ2v) is 9.74. The summed E-state index contributed by atoms with van der Waals surface area (Å²) in [4.78, 5) is 1.30. The van der Waals surface area contributed by atoms with Gasteiger partial charge < -0.3 is 4.74 Å². The van der Waals surface area contributed by atoms with E-state index in [1.807, 2.05) is 0 Å². The number of halogens is 1. The van der Waals surface area contributed by atoms with Crippen LogP contribution < -0.4 is 4.74 Å². The average molecular weight is 401 g/mol. The molecule has 2 aromatic carbocycles. The molecule has 144 valence electrons. The summed E-state index contributed by atoms with van der Waals surface area (Å²) in [7, 11) is 0. The summed E-state index contributed by atoms with van der Waals surface area (Å²) >= 11 is 8.58. The van der Waals surface area contributed by atoms with Crippen molar-refractivity contribution in [2.24, 2.45) is 11.8 Å². The van der Waals surface area contributed by atoms with E-state index in [-0.39, 0.29) is 0 Å². The van der Waals surface area contributed by atoms with Crippen LogP contribution in [0.1, 0.15) is 61.3 Å². The third-order valence-corrected chi connectivity index (χ3v) is 7.36. The van der Waals surface area contributed by atoms with E-state index in [2.05, 4.69) is 50.4 Å². The van der Waals surface area contributed by atoms with E-state index >= 15 is 0 Å². The molecule has 2 aromatic rings. The van der Waals surface area contributed by atoms with Crippen molar-refractivity contribution in [3.05, 3.63) is 57.6 Å². The zero-order chi connectivity index (χ0) is 19.0. The zero-order valence-corrected chi connectivity index (χ0v) is 18.1. The van der Waals surface area contributed by atoms with E-state index in [4.69, 9.17) is 16.3 Å².